The number of thiophene rings is 2. The van der Waals surface area contributed by atoms with Crippen LogP contribution in [0.2, 0.25) is 0 Å². The van der Waals surface area contributed by atoms with Crippen molar-refractivity contribution >= 4 is 32.1 Å². The summed E-state index contributed by atoms with van der Waals surface area (Å²) in [4.78, 5) is 2.62. The molecule has 2 rings (SSSR count). The van der Waals surface area contributed by atoms with Crippen molar-refractivity contribution in [1.82, 2.24) is 0 Å². The molecule has 2 aromatic heterocycles. The summed E-state index contributed by atoms with van der Waals surface area (Å²) in [6.07, 6.45) is 0. The molecule has 0 aromatic carbocycles. The fraction of sp³-hybridized carbons (Fsp3) is 0.222. The highest BCUT2D eigenvalue weighted by Crippen LogP contribution is 2.39. The van der Waals surface area contributed by atoms with Crippen LogP contribution in [0.4, 0.5) is 0 Å². The van der Waals surface area contributed by atoms with Crippen molar-refractivity contribution in [2.24, 2.45) is 0 Å². The number of rotatable bonds is 0. The van der Waals surface area contributed by atoms with E-state index in [2.05, 4.69) is 68.1 Å². The van der Waals surface area contributed by atoms with E-state index in [1.807, 2.05) is 22.7 Å². The minimum atomic E-state index is 1.11. The van der Waals surface area contributed by atoms with Gasteiger partial charge in [-0.3, -0.25) is 0 Å². The molecule has 0 atom stereocenters. The molecule has 2 aromatic rings. The first-order chi connectivity index (χ1) is 9.65. The quantitative estimate of drug-likeness (QED) is 0.636. The maximum absolute atomic E-state index is 3.16. The third kappa shape index (κ3) is 2.90. The van der Waals surface area contributed by atoms with E-state index in [1.165, 1.54) is 24.7 Å². The molecular weight excluding hydrogens is 280 g/mol. The van der Waals surface area contributed by atoms with Gasteiger partial charge in [-0.25, -0.2) is 0 Å². The summed E-state index contributed by atoms with van der Waals surface area (Å²) in [5, 5.41) is 0. The zero-order valence-electron chi connectivity index (χ0n) is 11.8. The minimum absolute atomic E-state index is 1.11. The SMILES string of the molecule is CC#CC#CC#CC#Cc1c(C)sc2c(C)c(C)sc12. The number of hydrogen-bond donors (Lipinski definition) is 0. The fourth-order valence-electron chi connectivity index (χ4n) is 1.68. The van der Waals surface area contributed by atoms with Crippen LogP contribution < -0.4 is 0 Å². The van der Waals surface area contributed by atoms with Gasteiger partial charge in [-0.2, -0.15) is 0 Å². The molecule has 0 unspecified atom stereocenters. The van der Waals surface area contributed by atoms with E-state index < -0.39 is 0 Å². The molecule has 0 fully saturated rings. The summed E-state index contributed by atoms with van der Waals surface area (Å²) in [7, 11) is 0. The highest BCUT2D eigenvalue weighted by Gasteiger charge is 2.13. The van der Waals surface area contributed by atoms with Crippen LogP contribution in [0.25, 0.3) is 9.40 Å². The third-order valence-corrected chi connectivity index (χ3v) is 5.37. The van der Waals surface area contributed by atoms with E-state index in [9.17, 15) is 0 Å². The van der Waals surface area contributed by atoms with Crippen LogP contribution in [-0.2, 0) is 0 Å². The van der Waals surface area contributed by atoms with Crippen LogP contribution in [0.15, 0.2) is 0 Å². The van der Waals surface area contributed by atoms with Crippen LogP contribution in [-0.4, -0.2) is 0 Å². The lowest BCUT2D eigenvalue weighted by Crippen LogP contribution is -1.70. The molecule has 2 heteroatoms. The van der Waals surface area contributed by atoms with E-state index in [1.54, 1.807) is 6.92 Å². The average Bonchev–Trinajstić information content (AvgIpc) is 2.87. The molecule has 0 N–H and O–H groups in total. The second-order valence-corrected chi connectivity index (χ2v) is 6.55. The Kier molecular flexibility index (Phi) is 4.56. The molecule has 0 saturated heterocycles. The molecule has 0 radical (unpaired) electrons. The maximum Gasteiger partial charge on any atom is 0.0616 e. The van der Waals surface area contributed by atoms with Gasteiger partial charge in [0.25, 0.3) is 0 Å². The molecule has 0 nitrogen and oxygen atoms in total. The molecule has 0 spiro atoms. The summed E-state index contributed by atoms with van der Waals surface area (Å²) in [5.41, 5.74) is 2.49. The highest BCUT2D eigenvalue weighted by molar-refractivity contribution is 7.28. The highest BCUT2D eigenvalue weighted by atomic mass is 32.1. The lowest BCUT2D eigenvalue weighted by atomic mass is 10.2. The first-order valence-electron chi connectivity index (χ1n) is 6.07. The molecule has 0 bridgehead atoms. The first-order valence-corrected chi connectivity index (χ1v) is 7.70. The van der Waals surface area contributed by atoms with Gasteiger partial charge in [0.1, 0.15) is 0 Å². The number of fused-ring (bicyclic) bond motifs is 1. The van der Waals surface area contributed by atoms with Gasteiger partial charge in [-0.05, 0) is 68.8 Å². The van der Waals surface area contributed by atoms with E-state index in [0.29, 0.717) is 0 Å². The molecule has 2 heterocycles. The second kappa shape index (κ2) is 6.37. The molecule has 96 valence electrons. The zero-order valence-corrected chi connectivity index (χ0v) is 13.4. The van der Waals surface area contributed by atoms with E-state index in [-0.39, 0.29) is 0 Å². The molecule has 0 aliphatic rings. The predicted octanol–water partition coefficient (Wildman–Crippen LogP) is 4.27. The molecule has 0 aliphatic carbocycles. The van der Waals surface area contributed by atoms with Gasteiger partial charge >= 0.3 is 0 Å². The topological polar surface area (TPSA) is 0 Å². The summed E-state index contributed by atoms with van der Waals surface area (Å²) in [5.74, 6) is 22.1. The van der Waals surface area contributed by atoms with E-state index in [4.69, 9.17) is 0 Å². The lowest BCUT2D eigenvalue weighted by molar-refractivity contribution is 1.48. The average molecular weight is 292 g/mol. The molecule has 0 saturated carbocycles. The number of aryl methyl sites for hydroxylation is 3. The monoisotopic (exact) mass is 292 g/mol. The van der Waals surface area contributed by atoms with Gasteiger partial charge in [0.05, 0.1) is 10.3 Å². The Labute approximate surface area is 128 Å². The Morgan fingerprint density at radius 2 is 1.30 bits per heavy atom. The maximum atomic E-state index is 3.16. The Balaban J connectivity index is 2.35. The van der Waals surface area contributed by atoms with Gasteiger partial charge in [-0.15, -0.1) is 22.7 Å². The molecular formula is C18H12S2. The summed E-state index contributed by atoms with van der Waals surface area (Å²) in [6.45, 7) is 8.19. The van der Waals surface area contributed by atoms with E-state index >= 15 is 0 Å². The summed E-state index contributed by atoms with van der Waals surface area (Å²) < 4.78 is 2.65. The fourth-order valence-corrected chi connectivity index (χ4v) is 4.24. The Bertz CT molecular complexity index is 905. The Morgan fingerprint density at radius 3 is 2.00 bits per heavy atom. The van der Waals surface area contributed by atoms with Crippen LogP contribution in [0, 0.1) is 68.1 Å². The smallest absolute Gasteiger partial charge is 0.0616 e. The van der Waals surface area contributed by atoms with Crippen molar-refractivity contribution in [3.05, 3.63) is 20.9 Å². The van der Waals surface area contributed by atoms with Gasteiger partial charge in [0.15, 0.2) is 0 Å². The van der Waals surface area contributed by atoms with Crippen molar-refractivity contribution in [1.29, 1.82) is 0 Å². The van der Waals surface area contributed by atoms with Crippen molar-refractivity contribution in [2.75, 3.05) is 0 Å². The van der Waals surface area contributed by atoms with Crippen LogP contribution in [0.1, 0.15) is 27.8 Å². The van der Waals surface area contributed by atoms with Crippen molar-refractivity contribution in [2.45, 2.75) is 27.7 Å². The molecule has 20 heavy (non-hydrogen) atoms. The largest absolute Gasteiger partial charge is 0.138 e. The summed E-state index contributed by atoms with van der Waals surface area (Å²) in [6, 6.07) is 0. The van der Waals surface area contributed by atoms with Crippen molar-refractivity contribution in [3.8, 4) is 47.4 Å². The third-order valence-electron chi connectivity index (χ3n) is 2.79. The Morgan fingerprint density at radius 1 is 0.700 bits per heavy atom. The van der Waals surface area contributed by atoms with Crippen LogP contribution in [0.3, 0.4) is 0 Å². The van der Waals surface area contributed by atoms with Gasteiger partial charge in [0.2, 0.25) is 0 Å². The van der Waals surface area contributed by atoms with Crippen LogP contribution in [0.5, 0.6) is 0 Å². The van der Waals surface area contributed by atoms with Gasteiger partial charge < -0.3 is 0 Å². The minimum Gasteiger partial charge on any atom is -0.138 e. The Hall–Kier alpha value is -2.10. The normalized spacial score (nSPS) is 8.40. The van der Waals surface area contributed by atoms with Crippen LogP contribution >= 0.6 is 22.7 Å². The zero-order chi connectivity index (χ0) is 14.5. The van der Waals surface area contributed by atoms with Crippen molar-refractivity contribution < 1.29 is 0 Å². The van der Waals surface area contributed by atoms with E-state index in [0.717, 1.165) is 5.56 Å². The van der Waals surface area contributed by atoms with Gasteiger partial charge in [0, 0.05) is 14.5 Å². The summed E-state index contributed by atoms with van der Waals surface area (Å²) >= 11 is 3.63. The molecule has 0 aliphatic heterocycles. The molecule has 0 amide bonds. The first kappa shape index (κ1) is 14.3. The second-order valence-electron chi connectivity index (χ2n) is 4.10. The predicted molar refractivity (Wildman–Crippen MR) is 89.8 cm³/mol. The van der Waals surface area contributed by atoms with Crippen molar-refractivity contribution in [3.63, 3.8) is 0 Å². The lowest BCUT2D eigenvalue weighted by Gasteiger charge is -1.87. The van der Waals surface area contributed by atoms with Gasteiger partial charge in [-0.1, -0.05) is 11.8 Å². The standard InChI is InChI=1S/C18H12S2/c1-5-6-7-8-9-10-11-12-16-15(4)20-17-13(2)14(3)19-18(16)17/h1-4H3. The number of hydrogen-bond acceptors (Lipinski definition) is 2.